The number of rotatable bonds is 8. The monoisotopic (exact) mass is 325 g/mol. The molecular formula is C19H23N3S. The van der Waals surface area contributed by atoms with Crippen LogP contribution in [0.4, 0.5) is 0 Å². The molecule has 0 aliphatic carbocycles. The predicted molar refractivity (Wildman–Crippen MR) is 96.0 cm³/mol. The van der Waals surface area contributed by atoms with Gasteiger partial charge in [-0.15, -0.1) is 0 Å². The molecule has 3 aromatic rings. The van der Waals surface area contributed by atoms with Crippen LogP contribution in [0.2, 0.25) is 0 Å². The lowest BCUT2D eigenvalue weighted by Gasteiger charge is -2.08. The van der Waals surface area contributed by atoms with Gasteiger partial charge in [-0.3, -0.25) is 9.38 Å². The van der Waals surface area contributed by atoms with E-state index in [4.69, 9.17) is 0 Å². The van der Waals surface area contributed by atoms with Crippen LogP contribution in [0.15, 0.2) is 58.8 Å². The van der Waals surface area contributed by atoms with Crippen molar-refractivity contribution in [2.24, 2.45) is 0 Å². The molecule has 0 spiro atoms. The van der Waals surface area contributed by atoms with Gasteiger partial charge in [0.15, 0.2) is 5.65 Å². The van der Waals surface area contributed by atoms with E-state index in [-0.39, 0.29) is 0 Å². The van der Waals surface area contributed by atoms with E-state index in [2.05, 4.69) is 45.6 Å². The van der Waals surface area contributed by atoms with Gasteiger partial charge in [0.25, 0.3) is 0 Å². The Morgan fingerprint density at radius 3 is 2.65 bits per heavy atom. The van der Waals surface area contributed by atoms with Crippen molar-refractivity contribution >= 4 is 17.4 Å². The minimum absolute atomic E-state index is 1.00. The SMILES string of the molecule is CCCCCCCc1ncc(Sc2ccccc2)n2ccnc12. The average molecular weight is 325 g/mol. The van der Waals surface area contributed by atoms with Crippen molar-refractivity contribution in [2.45, 2.75) is 55.4 Å². The highest BCUT2D eigenvalue weighted by atomic mass is 32.2. The van der Waals surface area contributed by atoms with Crippen molar-refractivity contribution in [1.29, 1.82) is 0 Å². The van der Waals surface area contributed by atoms with Crippen LogP contribution in [0.5, 0.6) is 0 Å². The standard InChI is InChI=1S/C19H23N3S/c1-2-3-4-5-9-12-17-19-20-13-14-22(19)18(15-21-17)23-16-10-7-6-8-11-16/h6-8,10-11,13-15H,2-5,9,12H2,1H3. The Morgan fingerprint density at radius 2 is 1.83 bits per heavy atom. The second-order valence-electron chi connectivity index (χ2n) is 5.74. The minimum atomic E-state index is 1.00. The zero-order valence-electron chi connectivity index (χ0n) is 13.6. The van der Waals surface area contributed by atoms with Gasteiger partial charge < -0.3 is 0 Å². The molecule has 4 heteroatoms. The summed E-state index contributed by atoms with van der Waals surface area (Å²) in [5.74, 6) is 0. The van der Waals surface area contributed by atoms with E-state index in [1.54, 1.807) is 11.8 Å². The molecule has 3 nitrogen and oxygen atoms in total. The highest BCUT2D eigenvalue weighted by molar-refractivity contribution is 7.99. The Bertz CT molecular complexity index is 737. The van der Waals surface area contributed by atoms with E-state index in [1.807, 2.05) is 24.7 Å². The van der Waals surface area contributed by atoms with Gasteiger partial charge in [0, 0.05) is 17.3 Å². The Labute approximate surface area is 142 Å². The van der Waals surface area contributed by atoms with Crippen molar-refractivity contribution in [2.75, 3.05) is 0 Å². The van der Waals surface area contributed by atoms with Gasteiger partial charge in [0.2, 0.25) is 0 Å². The first kappa shape index (κ1) is 16.1. The molecule has 2 aromatic heterocycles. The summed E-state index contributed by atoms with van der Waals surface area (Å²) in [6, 6.07) is 10.4. The Morgan fingerprint density at radius 1 is 1.00 bits per heavy atom. The van der Waals surface area contributed by atoms with Crippen molar-refractivity contribution in [3.05, 3.63) is 54.6 Å². The first-order valence-electron chi connectivity index (χ1n) is 8.42. The highest BCUT2D eigenvalue weighted by Crippen LogP contribution is 2.28. The Balaban J connectivity index is 1.73. The van der Waals surface area contributed by atoms with E-state index in [0.717, 1.165) is 22.8 Å². The van der Waals surface area contributed by atoms with Crippen LogP contribution >= 0.6 is 11.8 Å². The molecule has 0 aliphatic heterocycles. The summed E-state index contributed by atoms with van der Waals surface area (Å²) >= 11 is 1.73. The quantitative estimate of drug-likeness (QED) is 0.520. The second-order valence-corrected chi connectivity index (χ2v) is 6.84. The van der Waals surface area contributed by atoms with Gasteiger partial charge in [-0.05, 0) is 25.0 Å². The molecular weight excluding hydrogens is 302 g/mol. The van der Waals surface area contributed by atoms with Gasteiger partial charge in [-0.2, -0.15) is 0 Å². The number of fused-ring (bicyclic) bond motifs is 1. The lowest BCUT2D eigenvalue weighted by molar-refractivity contribution is 0.627. The number of aromatic nitrogens is 3. The van der Waals surface area contributed by atoms with Crippen LogP contribution in [0.25, 0.3) is 5.65 Å². The molecule has 0 unspecified atom stereocenters. The first-order chi connectivity index (χ1) is 11.4. The fourth-order valence-corrected chi connectivity index (χ4v) is 3.59. The first-order valence-corrected chi connectivity index (χ1v) is 9.24. The third-order valence-corrected chi connectivity index (χ3v) is 4.97. The molecule has 2 heterocycles. The van der Waals surface area contributed by atoms with E-state index in [9.17, 15) is 0 Å². The van der Waals surface area contributed by atoms with Gasteiger partial charge >= 0.3 is 0 Å². The van der Waals surface area contributed by atoms with E-state index in [0.29, 0.717) is 0 Å². The number of imidazole rings is 1. The van der Waals surface area contributed by atoms with Crippen molar-refractivity contribution in [3.8, 4) is 0 Å². The second kappa shape index (κ2) is 8.16. The van der Waals surface area contributed by atoms with Gasteiger partial charge in [0.05, 0.1) is 11.9 Å². The maximum atomic E-state index is 4.69. The number of benzene rings is 1. The largest absolute Gasteiger partial charge is 0.291 e. The lowest BCUT2D eigenvalue weighted by atomic mass is 10.1. The molecule has 0 atom stereocenters. The van der Waals surface area contributed by atoms with Crippen LogP contribution < -0.4 is 0 Å². The molecule has 0 N–H and O–H groups in total. The van der Waals surface area contributed by atoms with Gasteiger partial charge in [0.1, 0.15) is 5.03 Å². The predicted octanol–water partition coefficient (Wildman–Crippen LogP) is 5.39. The fraction of sp³-hybridized carbons (Fsp3) is 0.368. The zero-order chi connectivity index (χ0) is 15.9. The summed E-state index contributed by atoms with van der Waals surface area (Å²) in [7, 11) is 0. The van der Waals surface area contributed by atoms with Crippen molar-refractivity contribution in [1.82, 2.24) is 14.4 Å². The number of hydrogen-bond acceptors (Lipinski definition) is 3. The van der Waals surface area contributed by atoms with Crippen molar-refractivity contribution < 1.29 is 0 Å². The zero-order valence-corrected chi connectivity index (χ0v) is 14.4. The average Bonchev–Trinajstić information content (AvgIpc) is 3.07. The molecule has 0 saturated carbocycles. The van der Waals surface area contributed by atoms with Gasteiger partial charge in [-0.25, -0.2) is 4.98 Å². The molecule has 0 saturated heterocycles. The third kappa shape index (κ3) is 4.14. The van der Waals surface area contributed by atoms with E-state index >= 15 is 0 Å². The van der Waals surface area contributed by atoms with E-state index < -0.39 is 0 Å². The molecule has 0 fully saturated rings. The maximum Gasteiger partial charge on any atom is 0.159 e. The topological polar surface area (TPSA) is 30.2 Å². The summed E-state index contributed by atoms with van der Waals surface area (Å²) in [6.07, 6.45) is 13.3. The molecule has 0 aliphatic rings. The molecule has 0 radical (unpaired) electrons. The van der Waals surface area contributed by atoms with Crippen LogP contribution in [0.1, 0.15) is 44.7 Å². The number of aryl methyl sites for hydroxylation is 1. The Hall–Kier alpha value is -1.81. The molecule has 0 bridgehead atoms. The molecule has 120 valence electrons. The van der Waals surface area contributed by atoms with Crippen LogP contribution in [-0.2, 0) is 6.42 Å². The third-order valence-electron chi connectivity index (χ3n) is 3.95. The minimum Gasteiger partial charge on any atom is -0.291 e. The van der Waals surface area contributed by atoms with Crippen molar-refractivity contribution in [3.63, 3.8) is 0 Å². The summed E-state index contributed by atoms with van der Waals surface area (Å²) < 4.78 is 2.16. The van der Waals surface area contributed by atoms with Crippen LogP contribution in [0.3, 0.4) is 0 Å². The Kier molecular flexibility index (Phi) is 5.70. The number of nitrogens with zero attached hydrogens (tertiary/aromatic N) is 3. The number of hydrogen-bond donors (Lipinski definition) is 0. The van der Waals surface area contributed by atoms with E-state index in [1.165, 1.54) is 37.0 Å². The maximum absolute atomic E-state index is 4.69. The van der Waals surface area contributed by atoms with Crippen LogP contribution in [0, 0.1) is 0 Å². The molecule has 1 aromatic carbocycles. The smallest absolute Gasteiger partial charge is 0.159 e. The normalized spacial score (nSPS) is 11.2. The van der Waals surface area contributed by atoms with Gasteiger partial charge in [-0.1, -0.05) is 62.6 Å². The summed E-state index contributed by atoms with van der Waals surface area (Å²) in [5, 5.41) is 1.11. The highest BCUT2D eigenvalue weighted by Gasteiger charge is 2.09. The molecule has 3 rings (SSSR count). The molecule has 23 heavy (non-hydrogen) atoms. The summed E-state index contributed by atoms with van der Waals surface area (Å²) in [5.41, 5.74) is 2.12. The molecule has 0 amide bonds. The summed E-state index contributed by atoms with van der Waals surface area (Å²) in [6.45, 7) is 2.25. The number of unbranched alkanes of at least 4 members (excludes halogenated alkanes) is 4. The fourth-order valence-electron chi connectivity index (χ4n) is 2.71. The van der Waals surface area contributed by atoms with Crippen LogP contribution in [-0.4, -0.2) is 14.4 Å². The lowest BCUT2D eigenvalue weighted by Crippen LogP contribution is -1.99. The summed E-state index contributed by atoms with van der Waals surface area (Å²) in [4.78, 5) is 10.4.